The summed E-state index contributed by atoms with van der Waals surface area (Å²) in [5, 5.41) is 17.8. The van der Waals surface area contributed by atoms with Gasteiger partial charge in [-0.05, 0) is 36.8 Å². The van der Waals surface area contributed by atoms with E-state index in [2.05, 4.69) is 39.6 Å². The Kier molecular flexibility index (Phi) is 5.12. The molecule has 0 aliphatic carbocycles. The van der Waals surface area contributed by atoms with E-state index in [0.717, 1.165) is 27.9 Å². The molecule has 0 N–H and O–H groups in total. The molecule has 28 heavy (non-hydrogen) atoms. The zero-order valence-electron chi connectivity index (χ0n) is 15.9. The summed E-state index contributed by atoms with van der Waals surface area (Å²) < 4.78 is 9.00. The van der Waals surface area contributed by atoms with E-state index in [1.165, 1.54) is 5.56 Å². The van der Waals surface area contributed by atoms with Crippen molar-refractivity contribution < 1.29 is 4.74 Å². The van der Waals surface area contributed by atoms with Gasteiger partial charge in [-0.1, -0.05) is 41.2 Å². The number of hydrogen-bond acceptors (Lipinski definition) is 6. The lowest BCUT2D eigenvalue weighted by atomic mass is 10.1. The van der Waals surface area contributed by atoms with Gasteiger partial charge in [-0.3, -0.25) is 0 Å². The summed E-state index contributed by atoms with van der Waals surface area (Å²) in [5.41, 5.74) is 3.91. The number of ether oxygens (including phenoxy) is 1. The van der Waals surface area contributed by atoms with Crippen molar-refractivity contribution in [3.05, 3.63) is 66.6 Å². The molecule has 0 saturated carbocycles. The highest BCUT2D eigenvalue weighted by Gasteiger charge is 2.13. The number of nitrogens with zero attached hydrogens (tertiary/aromatic N) is 6. The van der Waals surface area contributed by atoms with Crippen LogP contribution in [-0.2, 0) is 7.05 Å². The van der Waals surface area contributed by atoms with Crippen LogP contribution in [0.2, 0.25) is 0 Å². The Morgan fingerprint density at radius 3 is 2.71 bits per heavy atom. The fourth-order valence-corrected chi connectivity index (χ4v) is 3.74. The molecule has 0 aliphatic rings. The first-order chi connectivity index (χ1) is 13.6. The Hall–Kier alpha value is -3.13. The summed E-state index contributed by atoms with van der Waals surface area (Å²) in [6.45, 7) is 2.15. The molecule has 0 fully saturated rings. The number of methoxy groups -OCH3 is 1. The Balaban J connectivity index is 1.58. The highest BCUT2D eigenvalue weighted by molar-refractivity contribution is 7.99. The predicted molar refractivity (Wildman–Crippen MR) is 109 cm³/mol. The molecule has 0 amide bonds. The Labute approximate surface area is 167 Å². The fraction of sp³-hybridized carbons (Fsp3) is 0.200. The van der Waals surface area contributed by atoms with Crippen LogP contribution in [0.25, 0.3) is 16.9 Å². The second kappa shape index (κ2) is 7.85. The quantitative estimate of drug-likeness (QED) is 0.463. The number of aryl methyl sites for hydroxylation is 1. The van der Waals surface area contributed by atoms with E-state index in [1.54, 1.807) is 29.9 Å². The largest absolute Gasteiger partial charge is 0.497 e. The van der Waals surface area contributed by atoms with Crippen LogP contribution in [0, 0.1) is 0 Å². The van der Waals surface area contributed by atoms with Gasteiger partial charge in [-0.15, -0.1) is 15.3 Å². The SMILES string of the molecule is COc1cccc(-c2cn(-c3cccc(C(C)Sc4nncn4C)c3)nn2)c1. The lowest BCUT2D eigenvalue weighted by molar-refractivity contribution is 0.415. The minimum absolute atomic E-state index is 0.226. The molecular weight excluding hydrogens is 372 g/mol. The summed E-state index contributed by atoms with van der Waals surface area (Å²) >= 11 is 1.67. The van der Waals surface area contributed by atoms with Crippen LogP contribution >= 0.6 is 11.8 Å². The van der Waals surface area contributed by atoms with Gasteiger partial charge in [0.05, 0.1) is 19.0 Å². The highest BCUT2D eigenvalue weighted by Crippen LogP contribution is 2.34. The maximum atomic E-state index is 5.29. The van der Waals surface area contributed by atoms with Crippen molar-refractivity contribution in [3.8, 4) is 22.7 Å². The van der Waals surface area contributed by atoms with E-state index in [-0.39, 0.29) is 5.25 Å². The van der Waals surface area contributed by atoms with Crippen LogP contribution in [0.5, 0.6) is 5.75 Å². The van der Waals surface area contributed by atoms with Crippen LogP contribution in [0.3, 0.4) is 0 Å². The fourth-order valence-electron chi connectivity index (χ4n) is 2.83. The van der Waals surface area contributed by atoms with E-state index < -0.39 is 0 Å². The highest BCUT2D eigenvalue weighted by atomic mass is 32.2. The summed E-state index contributed by atoms with van der Waals surface area (Å²) in [6, 6.07) is 16.1. The first kappa shape index (κ1) is 18.2. The summed E-state index contributed by atoms with van der Waals surface area (Å²) in [6.07, 6.45) is 3.63. The topological polar surface area (TPSA) is 70.7 Å². The van der Waals surface area contributed by atoms with Gasteiger partial charge in [0.15, 0.2) is 5.16 Å². The molecule has 2 heterocycles. The Bertz CT molecular complexity index is 1090. The molecule has 0 radical (unpaired) electrons. The molecule has 1 atom stereocenters. The maximum Gasteiger partial charge on any atom is 0.191 e. The van der Waals surface area contributed by atoms with E-state index in [1.807, 2.05) is 54.2 Å². The Morgan fingerprint density at radius 2 is 1.93 bits per heavy atom. The Morgan fingerprint density at radius 1 is 1.07 bits per heavy atom. The van der Waals surface area contributed by atoms with Crippen molar-refractivity contribution in [1.82, 2.24) is 29.8 Å². The molecule has 0 bridgehead atoms. The first-order valence-electron chi connectivity index (χ1n) is 8.82. The number of rotatable bonds is 6. The molecule has 1 unspecified atom stereocenters. The summed E-state index contributed by atoms with van der Waals surface area (Å²) in [4.78, 5) is 0. The summed E-state index contributed by atoms with van der Waals surface area (Å²) in [7, 11) is 3.60. The molecular formula is C20H20N6OS. The van der Waals surface area contributed by atoms with Crippen LogP contribution in [0.4, 0.5) is 0 Å². The summed E-state index contributed by atoms with van der Waals surface area (Å²) in [5.74, 6) is 0.795. The molecule has 2 aromatic carbocycles. The van der Waals surface area contributed by atoms with Gasteiger partial charge in [0, 0.05) is 17.9 Å². The van der Waals surface area contributed by atoms with Gasteiger partial charge < -0.3 is 9.30 Å². The molecule has 7 nitrogen and oxygen atoms in total. The molecule has 4 rings (SSSR count). The van der Waals surface area contributed by atoms with Gasteiger partial charge >= 0.3 is 0 Å². The lowest BCUT2D eigenvalue weighted by Crippen LogP contribution is -1.98. The third kappa shape index (κ3) is 3.77. The van der Waals surface area contributed by atoms with Crippen LogP contribution in [0.1, 0.15) is 17.7 Å². The minimum atomic E-state index is 0.226. The van der Waals surface area contributed by atoms with E-state index >= 15 is 0 Å². The third-order valence-electron chi connectivity index (χ3n) is 4.42. The van der Waals surface area contributed by atoms with Gasteiger partial charge in [0.25, 0.3) is 0 Å². The number of hydrogen-bond donors (Lipinski definition) is 0. The minimum Gasteiger partial charge on any atom is -0.497 e. The standard InChI is InChI=1S/C20H20N6OS/c1-14(28-20-23-21-13-25(20)2)15-6-4-8-17(10-15)26-12-19(22-24-26)16-7-5-9-18(11-16)27-3/h4-14H,1-3H3. The first-order valence-corrected chi connectivity index (χ1v) is 9.70. The van der Waals surface area contributed by atoms with Crippen molar-refractivity contribution >= 4 is 11.8 Å². The number of aromatic nitrogens is 6. The van der Waals surface area contributed by atoms with Gasteiger partial charge in [-0.25, -0.2) is 4.68 Å². The predicted octanol–water partition coefficient (Wildman–Crippen LogP) is 3.92. The average molecular weight is 392 g/mol. The van der Waals surface area contributed by atoms with Crippen molar-refractivity contribution in [2.45, 2.75) is 17.3 Å². The second-order valence-electron chi connectivity index (χ2n) is 6.36. The molecule has 0 saturated heterocycles. The zero-order valence-corrected chi connectivity index (χ0v) is 16.7. The smallest absolute Gasteiger partial charge is 0.191 e. The molecule has 142 valence electrons. The second-order valence-corrected chi connectivity index (χ2v) is 7.67. The van der Waals surface area contributed by atoms with Crippen LogP contribution in [-0.4, -0.2) is 36.9 Å². The molecule has 2 aromatic heterocycles. The van der Waals surface area contributed by atoms with Gasteiger partial charge in [0.2, 0.25) is 0 Å². The maximum absolute atomic E-state index is 5.29. The van der Waals surface area contributed by atoms with Crippen molar-refractivity contribution in [3.63, 3.8) is 0 Å². The van der Waals surface area contributed by atoms with Crippen LogP contribution < -0.4 is 4.74 Å². The normalized spacial score (nSPS) is 12.1. The van der Waals surface area contributed by atoms with E-state index in [4.69, 9.17) is 4.74 Å². The molecule has 8 heteroatoms. The third-order valence-corrected chi connectivity index (χ3v) is 5.62. The molecule has 4 aromatic rings. The number of benzene rings is 2. The lowest BCUT2D eigenvalue weighted by Gasteiger charge is -2.12. The van der Waals surface area contributed by atoms with Crippen molar-refractivity contribution in [1.29, 1.82) is 0 Å². The van der Waals surface area contributed by atoms with E-state index in [0.29, 0.717) is 0 Å². The molecule has 0 aliphatic heterocycles. The van der Waals surface area contributed by atoms with Crippen molar-refractivity contribution in [2.24, 2.45) is 7.05 Å². The van der Waals surface area contributed by atoms with Crippen LogP contribution in [0.15, 0.2) is 66.2 Å². The molecule has 0 spiro atoms. The van der Waals surface area contributed by atoms with Gasteiger partial charge in [-0.2, -0.15) is 0 Å². The zero-order chi connectivity index (χ0) is 19.5. The van der Waals surface area contributed by atoms with Crippen molar-refractivity contribution in [2.75, 3.05) is 7.11 Å². The average Bonchev–Trinajstić information content (AvgIpc) is 3.38. The van der Waals surface area contributed by atoms with Gasteiger partial charge in [0.1, 0.15) is 17.8 Å². The number of thioether (sulfide) groups is 1. The van der Waals surface area contributed by atoms with E-state index in [9.17, 15) is 0 Å². The monoisotopic (exact) mass is 392 g/mol.